The van der Waals surface area contributed by atoms with Crippen molar-refractivity contribution >= 4 is 21.6 Å². The van der Waals surface area contributed by atoms with E-state index in [2.05, 4.69) is 65.4 Å². The maximum absolute atomic E-state index is 5.27. The van der Waals surface area contributed by atoms with Gasteiger partial charge >= 0.3 is 0 Å². The molecule has 0 aliphatic carbocycles. The molecule has 3 heteroatoms. The first-order chi connectivity index (χ1) is 9.10. The van der Waals surface area contributed by atoms with Crippen LogP contribution in [0.1, 0.15) is 16.7 Å². The molecule has 0 radical (unpaired) electrons. The van der Waals surface area contributed by atoms with Gasteiger partial charge < -0.3 is 10.1 Å². The van der Waals surface area contributed by atoms with Crippen LogP contribution in [0.15, 0.2) is 40.9 Å². The van der Waals surface area contributed by atoms with Gasteiger partial charge in [0.05, 0.1) is 7.11 Å². The van der Waals surface area contributed by atoms with Crippen molar-refractivity contribution in [1.82, 2.24) is 0 Å². The highest BCUT2D eigenvalue weighted by atomic mass is 79.9. The van der Waals surface area contributed by atoms with Crippen molar-refractivity contribution in [2.75, 3.05) is 12.4 Å². The topological polar surface area (TPSA) is 21.3 Å². The van der Waals surface area contributed by atoms with Crippen LogP contribution < -0.4 is 10.1 Å². The number of benzene rings is 2. The van der Waals surface area contributed by atoms with Gasteiger partial charge in [-0.25, -0.2) is 0 Å². The lowest BCUT2D eigenvalue weighted by Crippen LogP contribution is -2.01. The number of nitrogens with one attached hydrogen (secondary N) is 1. The molecule has 2 aromatic carbocycles. The molecule has 0 aromatic heterocycles. The van der Waals surface area contributed by atoms with Crippen LogP contribution in [0.2, 0.25) is 0 Å². The zero-order valence-corrected chi connectivity index (χ0v) is 13.0. The molecule has 100 valence electrons. The largest absolute Gasteiger partial charge is 0.496 e. The molecule has 19 heavy (non-hydrogen) atoms. The van der Waals surface area contributed by atoms with E-state index in [-0.39, 0.29) is 0 Å². The first kappa shape index (κ1) is 13.9. The molecule has 0 fully saturated rings. The third kappa shape index (κ3) is 3.51. The summed E-state index contributed by atoms with van der Waals surface area (Å²) in [5.74, 6) is 0.931. The lowest BCUT2D eigenvalue weighted by Gasteiger charge is -2.11. The zero-order chi connectivity index (χ0) is 13.8. The molecule has 2 rings (SSSR count). The third-order valence-electron chi connectivity index (χ3n) is 3.07. The van der Waals surface area contributed by atoms with E-state index in [1.807, 2.05) is 6.07 Å². The van der Waals surface area contributed by atoms with E-state index in [1.165, 1.54) is 11.1 Å². The van der Waals surface area contributed by atoms with Gasteiger partial charge in [-0.1, -0.05) is 18.2 Å². The molecule has 0 aliphatic heterocycles. The van der Waals surface area contributed by atoms with E-state index in [0.717, 1.165) is 28.0 Å². The van der Waals surface area contributed by atoms with E-state index >= 15 is 0 Å². The molecular weight excluding hydrogens is 302 g/mol. The Balaban J connectivity index is 2.08. The summed E-state index contributed by atoms with van der Waals surface area (Å²) in [6.45, 7) is 4.94. The van der Waals surface area contributed by atoms with E-state index in [9.17, 15) is 0 Å². The molecule has 0 saturated carbocycles. The van der Waals surface area contributed by atoms with Crippen LogP contribution in [0.5, 0.6) is 5.75 Å². The second-order valence-corrected chi connectivity index (χ2v) is 5.50. The Kier molecular flexibility index (Phi) is 4.48. The van der Waals surface area contributed by atoms with Crippen molar-refractivity contribution in [3.05, 3.63) is 57.6 Å². The number of ether oxygens (including phenoxy) is 1. The van der Waals surface area contributed by atoms with E-state index < -0.39 is 0 Å². The number of rotatable bonds is 4. The molecule has 0 aliphatic rings. The highest BCUT2D eigenvalue weighted by Gasteiger charge is 2.02. The Morgan fingerprint density at radius 1 is 1.11 bits per heavy atom. The fourth-order valence-corrected chi connectivity index (χ4v) is 2.64. The van der Waals surface area contributed by atoms with Crippen LogP contribution in [0, 0.1) is 13.8 Å². The molecule has 0 bridgehead atoms. The number of hydrogen-bond donors (Lipinski definition) is 1. The summed E-state index contributed by atoms with van der Waals surface area (Å²) in [4.78, 5) is 0. The predicted molar refractivity (Wildman–Crippen MR) is 83.9 cm³/mol. The SMILES string of the molecule is COc1ccc(CNc2ccc(C)cc2Br)cc1C. The fourth-order valence-electron chi connectivity index (χ4n) is 2.01. The van der Waals surface area contributed by atoms with Crippen LogP contribution >= 0.6 is 15.9 Å². The average molecular weight is 320 g/mol. The Morgan fingerprint density at radius 2 is 1.89 bits per heavy atom. The van der Waals surface area contributed by atoms with Crippen LogP contribution in [-0.4, -0.2) is 7.11 Å². The minimum Gasteiger partial charge on any atom is -0.496 e. The van der Waals surface area contributed by atoms with E-state index in [4.69, 9.17) is 4.74 Å². The molecular formula is C16H18BrNO. The lowest BCUT2D eigenvalue weighted by atomic mass is 10.1. The summed E-state index contributed by atoms with van der Waals surface area (Å²) in [6.07, 6.45) is 0. The number of halogens is 1. The van der Waals surface area contributed by atoms with Crippen LogP contribution in [0.25, 0.3) is 0 Å². The normalized spacial score (nSPS) is 10.3. The van der Waals surface area contributed by atoms with Crippen LogP contribution in [0.4, 0.5) is 5.69 Å². The molecule has 0 amide bonds. The lowest BCUT2D eigenvalue weighted by molar-refractivity contribution is 0.411. The van der Waals surface area contributed by atoms with Gasteiger partial charge in [-0.15, -0.1) is 0 Å². The van der Waals surface area contributed by atoms with Crippen molar-refractivity contribution < 1.29 is 4.74 Å². The van der Waals surface area contributed by atoms with E-state index in [1.54, 1.807) is 7.11 Å². The van der Waals surface area contributed by atoms with Crippen LogP contribution in [0.3, 0.4) is 0 Å². The van der Waals surface area contributed by atoms with Gasteiger partial charge in [0.1, 0.15) is 5.75 Å². The van der Waals surface area contributed by atoms with Gasteiger partial charge in [0.25, 0.3) is 0 Å². The van der Waals surface area contributed by atoms with Crippen molar-refractivity contribution in [3.63, 3.8) is 0 Å². The molecule has 2 nitrogen and oxygen atoms in total. The molecule has 0 spiro atoms. The number of anilines is 1. The highest BCUT2D eigenvalue weighted by molar-refractivity contribution is 9.10. The molecule has 0 atom stereocenters. The van der Waals surface area contributed by atoms with Crippen molar-refractivity contribution in [2.24, 2.45) is 0 Å². The number of hydrogen-bond acceptors (Lipinski definition) is 2. The standard InChI is InChI=1S/C16H18BrNO/c1-11-4-6-15(14(17)8-11)18-10-13-5-7-16(19-3)12(2)9-13/h4-9,18H,10H2,1-3H3. The van der Waals surface area contributed by atoms with Crippen molar-refractivity contribution in [2.45, 2.75) is 20.4 Å². The van der Waals surface area contributed by atoms with Gasteiger partial charge in [0.15, 0.2) is 0 Å². The van der Waals surface area contributed by atoms with Crippen molar-refractivity contribution in [1.29, 1.82) is 0 Å². The maximum atomic E-state index is 5.27. The number of aryl methyl sites for hydroxylation is 2. The third-order valence-corrected chi connectivity index (χ3v) is 3.72. The first-order valence-electron chi connectivity index (χ1n) is 6.23. The first-order valence-corrected chi connectivity index (χ1v) is 7.03. The summed E-state index contributed by atoms with van der Waals surface area (Å²) < 4.78 is 6.36. The van der Waals surface area contributed by atoms with Crippen LogP contribution in [-0.2, 0) is 6.54 Å². The summed E-state index contributed by atoms with van der Waals surface area (Å²) in [5.41, 5.74) is 4.76. The van der Waals surface area contributed by atoms with Gasteiger partial charge in [0, 0.05) is 16.7 Å². The Labute approximate surface area is 122 Å². The monoisotopic (exact) mass is 319 g/mol. The highest BCUT2D eigenvalue weighted by Crippen LogP contribution is 2.24. The second-order valence-electron chi connectivity index (χ2n) is 4.64. The molecule has 0 saturated heterocycles. The summed E-state index contributed by atoms with van der Waals surface area (Å²) >= 11 is 3.58. The van der Waals surface area contributed by atoms with Gasteiger partial charge in [-0.05, 0) is 64.7 Å². The Hall–Kier alpha value is -1.48. The Morgan fingerprint density at radius 3 is 2.53 bits per heavy atom. The second kappa shape index (κ2) is 6.11. The zero-order valence-electron chi connectivity index (χ0n) is 11.5. The fraction of sp³-hybridized carbons (Fsp3) is 0.250. The number of methoxy groups -OCH3 is 1. The van der Waals surface area contributed by atoms with Crippen molar-refractivity contribution in [3.8, 4) is 5.75 Å². The minimum atomic E-state index is 0.798. The summed E-state index contributed by atoms with van der Waals surface area (Å²) in [7, 11) is 1.70. The van der Waals surface area contributed by atoms with Gasteiger partial charge in [-0.2, -0.15) is 0 Å². The smallest absolute Gasteiger partial charge is 0.121 e. The molecule has 2 aromatic rings. The maximum Gasteiger partial charge on any atom is 0.121 e. The summed E-state index contributed by atoms with van der Waals surface area (Å²) in [6, 6.07) is 12.6. The van der Waals surface area contributed by atoms with Gasteiger partial charge in [-0.3, -0.25) is 0 Å². The quantitative estimate of drug-likeness (QED) is 0.883. The summed E-state index contributed by atoms with van der Waals surface area (Å²) in [5, 5.41) is 3.43. The minimum absolute atomic E-state index is 0.798. The molecule has 0 unspecified atom stereocenters. The molecule has 0 heterocycles. The molecule has 1 N–H and O–H groups in total. The Bertz CT molecular complexity index is 581. The predicted octanol–water partition coefficient (Wildman–Crippen LogP) is 4.69. The van der Waals surface area contributed by atoms with Gasteiger partial charge in [0.2, 0.25) is 0 Å². The average Bonchev–Trinajstić information content (AvgIpc) is 2.38. The van der Waals surface area contributed by atoms with E-state index in [0.29, 0.717) is 0 Å².